The lowest BCUT2D eigenvalue weighted by Gasteiger charge is -2.10. The molecule has 1 aromatic heterocycles. The molecule has 1 N–H and O–H groups in total. The van der Waals surface area contributed by atoms with Crippen molar-refractivity contribution in [2.45, 2.75) is 26.2 Å². The van der Waals surface area contributed by atoms with Crippen LogP contribution in [0.25, 0.3) is 0 Å². The SMILES string of the molecule is CC(C)(C)c1nccc[n+]1O. The van der Waals surface area contributed by atoms with Gasteiger partial charge < -0.3 is 5.21 Å². The van der Waals surface area contributed by atoms with Crippen molar-refractivity contribution in [3.8, 4) is 0 Å². The van der Waals surface area contributed by atoms with Gasteiger partial charge in [0.1, 0.15) is 12.4 Å². The highest BCUT2D eigenvalue weighted by atomic mass is 16.5. The van der Waals surface area contributed by atoms with Crippen LogP contribution in [0, 0.1) is 0 Å². The molecule has 0 fully saturated rings. The Bertz CT molecular complexity index is 253. The van der Waals surface area contributed by atoms with Gasteiger partial charge in [-0.3, -0.25) is 0 Å². The summed E-state index contributed by atoms with van der Waals surface area (Å²) in [4.78, 5) is 4.06. The highest BCUT2D eigenvalue weighted by Crippen LogP contribution is 2.14. The number of hydrogen-bond donors (Lipinski definition) is 1. The largest absolute Gasteiger partial charge is 0.350 e. The molecular weight excluding hydrogens is 140 g/mol. The Morgan fingerprint density at radius 2 is 2.09 bits per heavy atom. The third-order valence-electron chi connectivity index (χ3n) is 1.40. The fourth-order valence-electron chi connectivity index (χ4n) is 0.901. The quantitative estimate of drug-likeness (QED) is 0.444. The van der Waals surface area contributed by atoms with Crippen LogP contribution in [-0.2, 0) is 5.41 Å². The maximum absolute atomic E-state index is 9.30. The van der Waals surface area contributed by atoms with Crippen molar-refractivity contribution in [1.82, 2.24) is 4.98 Å². The summed E-state index contributed by atoms with van der Waals surface area (Å²) in [5.41, 5.74) is -0.115. The monoisotopic (exact) mass is 153 g/mol. The van der Waals surface area contributed by atoms with Crippen molar-refractivity contribution >= 4 is 0 Å². The van der Waals surface area contributed by atoms with Gasteiger partial charge in [-0.05, 0) is 25.8 Å². The zero-order valence-corrected chi connectivity index (χ0v) is 7.07. The first-order valence-corrected chi connectivity index (χ1v) is 3.58. The van der Waals surface area contributed by atoms with Crippen LogP contribution in [-0.4, -0.2) is 10.2 Å². The van der Waals surface area contributed by atoms with Gasteiger partial charge in [0, 0.05) is 6.07 Å². The molecule has 1 rings (SSSR count). The fraction of sp³-hybridized carbons (Fsp3) is 0.500. The highest BCUT2D eigenvalue weighted by molar-refractivity contribution is 4.94. The van der Waals surface area contributed by atoms with E-state index < -0.39 is 0 Å². The molecule has 3 nitrogen and oxygen atoms in total. The van der Waals surface area contributed by atoms with Crippen molar-refractivity contribution in [2.24, 2.45) is 0 Å². The van der Waals surface area contributed by atoms with Gasteiger partial charge in [0.15, 0.2) is 0 Å². The van der Waals surface area contributed by atoms with Crippen molar-refractivity contribution in [2.75, 3.05) is 0 Å². The first-order valence-electron chi connectivity index (χ1n) is 3.58. The van der Waals surface area contributed by atoms with Gasteiger partial charge in [0.2, 0.25) is 0 Å². The van der Waals surface area contributed by atoms with E-state index in [2.05, 4.69) is 4.98 Å². The van der Waals surface area contributed by atoms with Crippen LogP contribution in [0.5, 0.6) is 0 Å². The van der Waals surface area contributed by atoms with E-state index in [-0.39, 0.29) is 5.41 Å². The lowest BCUT2D eigenvalue weighted by molar-refractivity contribution is -0.913. The van der Waals surface area contributed by atoms with Gasteiger partial charge in [-0.1, -0.05) is 4.73 Å². The van der Waals surface area contributed by atoms with E-state index in [1.807, 2.05) is 20.8 Å². The zero-order valence-electron chi connectivity index (χ0n) is 7.07. The van der Waals surface area contributed by atoms with Crippen molar-refractivity contribution < 1.29 is 9.94 Å². The Balaban J connectivity index is 3.14. The lowest BCUT2D eigenvalue weighted by Crippen LogP contribution is -2.41. The molecule has 0 saturated heterocycles. The first kappa shape index (κ1) is 7.98. The minimum atomic E-state index is -0.115. The summed E-state index contributed by atoms with van der Waals surface area (Å²) in [6.07, 6.45) is 3.25. The minimum absolute atomic E-state index is 0.115. The average Bonchev–Trinajstić information content (AvgIpc) is 1.86. The average molecular weight is 153 g/mol. The molecule has 0 aromatic carbocycles. The summed E-state index contributed by atoms with van der Waals surface area (Å²) >= 11 is 0. The van der Waals surface area contributed by atoms with E-state index in [1.54, 1.807) is 18.5 Å². The maximum Gasteiger partial charge on any atom is 0.341 e. The Morgan fingerprint density at radius 3 is 2.45 bits per heavy atom. The number of rotatable bonds is 0. The molecule has 0 saturated carbocycles. The molecular formula is C8H13N2O+. The summed E-state index contributed by atoms with van der Waals surface area (Å²) in [6, 6.07) is 1.69. The van der Waals surface area contributed by atoms with Gasteiger partial charge in [-0.25, -0.2) is 0 Å². The Kier molecular flexibility index (Phi) is 1.81. The van der Waals surface area contributed by atoms with E-state index in [0.717, 1.165) is 4.73 Å². The number of nitrogens with zero attached hydrogens (tertiary/aromatic N) is 2. The van der Waals surface area contributed by atoms with Crippen LogP contribution < -0.4 is 4.73 Å². The molecule has 0 aliphatic rings. The van der Waals surface area contributed by atoms with Gasteiger partial charge >= 0.3 is 5.82 Å². The molecule has 1 heterocycles. The Hall–Kier alpha value is -1.12. The molecule has 0 atom stereocenters. The fourth-order valence-corrected chi connectivity index (χ4v) is 0.901. The summed E-state index contributed by atoms with van der Waals surface area (Å²) in [6.45, 7) is 6.01. The molecule has 0 radical (unpaired) electrons. The molecule has 0 aliphatic carbocycles. The molecule has 0 amide bonds. The van der Waals surface area contributed by atoms with Gasteiger partial charge in [-0.2, -0.15) is 0 Å². The minimum Gasteiger partial charge on any atom is -0.350 e. The maximum atomic E-state index is 9.30. The van der Waals surface area contributed by atoms with Crippen molar-refractivity contribution in [3.05, 3.63) is 24.3 Å². The number of hydrogen-bond acceptors (Lipinski definition) is 2. The van der Waals surface area contributed by atoms with E-state index in [9.17, 15) is 5.21 Å². The second kappa shape index (κ2) is 2.49. The normalized spacial score (nSPS) is 11.5. The predicted octanol–water partition coefficient (Wildman–Crippen LogP) is 0.904. The van der Waals surface area contributed by atoms with E-state index in [4.69, 9.17) is 0 Å². The molecule has 3 heteroatoms. The molecule has 0 unspecified atom stereocenters. The summed E-state index contributed by atoms with van der Waals surface area (Å²) < 4.78 is 1.06. The predicted molar refractivity (Wildman–Crippen MR) is 40.3 cm³/mol. The number of aromatic nitrogens is 2. The lowest BCUT2D eigenvalue weighted by atomic mass is 9.96. The van der Waals surface area contributed by atoms with Crippen molar-refractivity contribution in [3.63, 3.8) is 0 Å². The van der Waals surface area contributed by atoms with Crippen LogP contribution in [0.4, 0.5) is 0 Å². The molecule has 0 aliphatic heterocycles. The van der Waals surface area contributed by atoms with Crippen LogP contribution >= 0.6 is 0 Å². The summed E-state index contributed by atoms with van der Waals surface area (Å²) in [5.74, 6) is 0.667. The first-order chi connectivity index (χ1) is 5.02. The summed E-state index contributed by atoms with van der Waals surface area (Å²) in [5, 5.41) is 9.30. The Labute approximate surface area is 66.3 Å². The second-order valence-electron chi connectivity index (χ2n) is 3.54. The van der Waals surface area contributed by atoms with Crippen molar-refractivity contribution in [1.29, 1.82) is 0 Å². The third-order valence-corrected chi connectivity index (χ3v) is 1.40. The zero-order chi connectivity index (χ0) is 8.48. The van der Waals surface area contributed by atoms with E-state index in [0.29, 0.717) is 5.82 Å². The van der Waals surface area contributed by atoms with Crippen LogP contribution in [0.2, 0.25) is 0 Å². The molecule has 11 heavy (non-hydrogen) atoms. The molecule has 0 spiro atoms. The van der Waals surface area contributed by atoms with Gasteiger partial charge in [0.25, 0.3) is 0 Å². The second-order valence-corrected chi connectivity index (χ2v) is 3.54. The smallest absolute Gasteiger partial charge is 0.341 e. The van der Waals surface area contributed by atoms with E-state index >= 15 is 0 Å². The van der Waals surface area contributed by atoms with E-state index in [1.165, 1.54) is 0 Å². The van der Waals surface area contributed by atoms with Crippen LogP contribution in [0.15, 0.2) is 18.5 Å². The topological polar surface area (TPSA) is 37.0 Å². The van der Waals surface area contributed by atoms with Gasteiger partial charge in [-0.15, -0.1) is 0 Å². The summed E-state index contributed by atoms with van der Waals surface area (Å²) in [7, 11) is 0. The van der Waals surface area contributed by atoms with Gasteiger partial charge in [0.05, 0.1) is 5.41 Å². The molecule has 60 valence electrons. The van der Waals surface area contributed by atoms with Crippen LogP contribution in [0.1, 0.15) is 26.6 Å². The Morgan fingerprint density at radius 1 is 1.45 bits per heavy atom. The highest BCUT2D eigenvalue weighted by Gasteiger charge is 2.27. The molecule has 1 aromatic rings. The standard InChI is InChI=1S/C8H13N2O/c1-8(2,3)7-9-5-4-6-10(7)11/h4-6,11H,1-3H3/q+1. The molecule has 0 bridgehead atoms. The third kappa shape index (κ3) is 1.67. The van der Waals surface area contributed by atoms with Crippen LogP contribution in [0.3, 0.4) is 0 Å².